The number of nitrogens with one attached hydrogen (secondary N) is 3. The molecular formula is C24H28F2N6O2S. The zero-order chi connectivity index (χ0) is 24.6. The van der Waals surface area contributed by atoms with E-state index in [4.69, 9.17) is 9.40 Å². The molecule has 0 spiro atoms. The molecule has 186 valence electrons. The van der Waals surface area contributed by atoms with Crippen LogP contribution in [0.3, 0.4) is 0 Å². The quantitative estimate of drug-likeness (QED) is 0.422. The Morgan fingerprint density at radius 3 is 2.83 bits per heavy atom. The number of anilines is 4. The van der Waals surface area contributed by atoms with E-state index in [2.05, 4.69) is 25.8 Å². The third-order valence-electron chi connectivity index (χ3n) is 6.33. The number of alkyl halides is 2. The minimum atomic E-state index is -2.33. The van der Waals surface area contributed by atoms with Crippen molar-refractivity contribution in [2.45, 2.75) is 42.8 Å². The summed E-state index contributed by atoms with van der Waals surface area (Å²) in [6, 6.07) is 7.61. The Morgan fingerprint density at radius 1 is 1.26 bits per heavy atom. The van der Waals surface area contributed by atoms with Crippen LogP contribution in [0.1, 0.15) is 26.7 Å². The highest BCUT2D eigenvalue weighted by molar-refractivity contribution is 8.01. The highest BCUT2D eigenvalue weighted by atomic mass is 32.2. The molecule has 0 saturated carbocycles. The molecule has 4 heterocycles. The zero-order valence-electron chi connectivity index (χ0n) is 19.6. The van der Waals surface area contributed by atoms with Crippen LogP contribution in [-0.2, 0) is 4.79 Å². The number of amides is 1. The monoisotopic (exact) mass is 502 g/mol. The predicted octanol–water partition coefficient (Wildman–Crippen LogP) is 4.86. The third-order valence-corrected chi connectivity index (χ3v) is 7.60. The molecule has 2 aromatic heterocycles. The van der Waals surface area contributed by atoms with Crippen molar-refractivity contribution in [3.05, 3.63) is 30.5 Å². The van der Waals surface area contributed by atoms with Crippen LogP contribution in [-0.4, -0.2) is 53.2 Å². The van der Waals surface area contributed by atoms with Crippen molar-refractivity contribution in [2.75, 3.05) is 41.7 Å². The van der Waals surface area contributed by atoms with Crippen LogP contribution in [0.4, 0.5) is 31.9 Å². The van der Waals surface area contributed by atoms with Crippen molar-refractivity contribution in [3.8, 4) is 0 Å². The number of aromatic nitrogens is 2. The molecule has 1 saturated heterocycles. The first-order valence-corrected chi connectivity index (χ1v) is 12.5. The van der Waals surface area contributed by atoms with Gasteiger partial charge in [-0.15, -0.1) is 11.8 Å². The van der Waals surface area contributed by atoms with Gasteiger partial charge in [0.1, 0.15) is 5.52 Å². The number of benzene rings is 1. The number of carbonyl (C=O) groups excluding carboxylic acids is 1. The second-order valence-electron chi connectivity index (χ2n) is 9.39. The zero-order valence-corrected chi connectivity index (χ0v) is 20.4. The van der Waals surface area contributed by atoms with Crippen molar-refractivity contribution in [2.24, 2.45) is 5.92 Å². The summed E-state index contributed by atoms with van der Waals surface area (Å²) in [5.74, 6) is 1.47. The lowest BCUT2D eigenvalue weighted by molar-refractivity contribution is -0.117. The molecule has 3 N–H and O–H groups in total. The van der Waals surface area contributed by atoms with Gasteiger partial charge in [0.05, 0.1) is 23.2 Å². The van der Waals surface area contributed by atoms with Crippen LogP contribution in [0.5, 0.6) is 0 Å². The number of rotatable bonds is 7. The molecule has 2 aliphatic rings. The molecule has 5 rings (SSSR count). The smallest absolute Gasteiger partial charge is 0.250 e. The molecule has 3 aromatic rings. The molecule has 0 unspecified atom stereocenters. The number of nitrogens with zero attached hydrogens (tertiary/aromatic N) is 3. The van der Waals surface area contributed by atoms with Gasteiger partial charge in [-0.3, -0.25) is 4.79 Å². The van der Waals surface area contributed by atoms with E-state index >= 15 is 0 Å². The average Bonchev–Trinajstić information content (AvgIpc) is 3.28. The summed E-state index contributed by atoms with van der Waals surface area (Å²) >= 11 is 1.54. The SMILES string of the molecule is CC1(C)Sc2ccc(Nc3nc(N4CCC(CNCC(F)F)CC4)c4occc4n3)cc2NC1=O. The maximum atomic E-state index is 12.4. The first-order chi connectivity index (χ1) is 16.8. The van der Waals surface area contributed by atoms with E-state index in [1.807, 2.05) is 32.0 Å². The molecule has 0 atom stereocenters. The van der Waals surface area contributed by atoms with Gasteiger partial charge in [0.25, 0.3) is 6.43 Å². The van der Waals surface area contributed by atoms with Crippen molar-refractivity contribution in [3.63, 3.8) is 0 Å². The standard InChI is InChI=1S/C24H28F2N6O2S/c1-24(2)22(33)29-17-11-15(3-4-18(17)35-24)28-23-30-16-7-10-34-20(16)21(31-23)32-8-5-14(6-9-32)12-27-13-19(25)26/h3-4,7,10-11,14,19,27H,5-6,8-9,12-13H2,1-2H3,(H,29,33)(H,28,30,31). The second-order valence-corrected chi connectivity index (χ2v) is 11.1. The summed E-state index contributed by atoms with van der Waals surface area (Å²) < 4.78 is 30.0. The largest absolute Gasteiger partial charge is 0.459 e. The number of fused-ring (bicyclic) bond motifs is 2. The number of carbonyl (C=O) groups is 1. The fourth-order valence-electron chi connectivity index (χ4n) is 4.38. The number of halogens is 2. The minimum Gasteiger partial charge on any atom is -0.459 e. The van der Waals surface area contributed by atoms with E-state index in [9.17, 15) is 13.6 Å². The Labute approximate surface area is 206 Å². The highest BCUT2D eigenvalue weighted by Gasteiger charge is 2.34. The van der Waals surface area contributed by atoms with Gasteiger partial charge in [-0.2, -0.15) is 4.98 Å². The summed E-state index contributed by atoms with van der Waals surface area (Å²) in [7, 11) is 0. The van der Waals surface area contributed by atoms with Crippen molar-refractivity contribution in [1.82, 2.24) is 15.3 Å². The first-order valence-electron chi connectivity index (χ1n) is 11.7. The lowest BCUT2D eigenvalue weighted by Gasteiger charge is -2.33. The Morgan fingerprint density at radius 2 is 2.06 bits per heavy atom. The van der Waals surface area contributed by atoms with Gasteiger partial charge < -0.3 is 25.3 Å². The van der Waals surface area contributed by atoms with Crippen LogP contribution < -0.4 is 20.9 Å². The molecule has 2 aliphatic heterocycles. The van der Waals surface area contributed by atoms with Crippen LogP contribution in [0.25, 0.3) is 11.1 Å². The maximum absolute atomic E-state index is 12.4. The predicted molar refractivity (Wildman–Crippen MR) is 134 cm³/mol. The second kappa shape index (κ2) is 9.62. The molecular weight excluding hydrogens is 474 g/mol. The normalized spacial score (nSPS) is 18.1. The summed E-state index contributed by atoms with van der Waals surface area (Å²) in [6.45, 7) is 5.64. The molecule has 0 radical (unpaired) electrons. The van der Waals surface area contributed by atoms with Crippen molar-refractivity contribution < 1.29 is 18.0 Å². The van der Waals surface area contributed by atoms with Gasteiger partial charge in [0, 0.05) is 29.7 Å². The topological polar surface area (TPSA) is 95.3 Å². The number of thioether (sulfide) groups is 1. The lowest BCUT2D eigenvalue weighted by Crippen LogP contribution is -2.38. The van der Waals surface area contributed by atoms with Crippen LogP contribution in [0, 0.1) is 5.92 Å². The van der Waals surface area contributed by atoms with E-state index in [1.54, 1.807) is 12.3 Å². The molecule has 8 nitrogen and oxygen atoms in total. The highest BCUT2D eigenvalue weighted by Crippen LogP contribution is 2.43. The van der Waals surface area contributed by atoms with Gasteiger partial charge in [0.15, 0.2) is 11.4 Å². The molecule has 1 aromatic carbocycles. The molecule has 1 fully saturated rings. The van der Waals surface area contributed by atoms with E-state index in [0.29, 0.717) is 35.3 Å². The first kappa shape index (κ1) is 23.8. The van der Waals surface area contributed by atoms with E-state index in [-0.39, 0.29) is 12.5 Å². The summed E-state index contributed by atoms with van der Waals surface area (Å²) in [5.41, 5.74) is 2.85. The average molecular weight is 503 g/mol. The molecule has 0 bridgehead atoms. The fraction of sp³-hybridized carbons (Fsp3) is 0.458. The van der Waals surface area contributed by atoms with Gasteiger partial charge in [-0.1, -0.05) is 0 Å². The van der Waals surface area contributed by atoms with Crippen molar-refractivity contribution in [1.29, 1.82) is 0 Å². The molecule has 1 amide bonds. The number of hydrogen-bond acceptors (Lipinski definition) is 8. The third kappa shape index (κ3) is 5.20. The number of hydrogen-bond donors (Lipinski definition) is 3. The van der Waals surface area contributed by atoms with E-state index in [1.165, 1.54) is 11.8 Å². The Bertz CT molecular complexity index is 1230. The van der Waals surface area contributed by atoms with Crippen LogP contribution in [0.15, 0.2) is 39.8 Å². The fourth-order valence-corrected chi connectivity index (χ4v) is 5.43. The summed E-state index contributed by atoms with van der Waals surface area (Å²) in [5, 5.41) is 9.09. The maximum Gasteiger partial charge on any atom is 0.250 e. The van der Waals surface area contributed by atoms with Crippen molar-refractivity contribution >= 4 is 51.9 Å². The van der Waals surface area contributed by atoms with Crippen LogP contribution in [0.2, 0.25) is 0 Å². The van der Waals surface area contributed by atoms with Gasteiger partial charge in [-0.05, 0) is 57.4 Å². The number of piperidine rings is 1. The summed E-state index contributed by atoms with van der Waals surface area (Å²) in [4.78, 5) is 24.9. The van der Waals surface area contributed by atoms with Gasteiger partial charge in [0.2, 0.25) is 11.9 Å². The Kier molecular flexibility index (Phi) is 6.54. The lowest BCUT2D eigenvalue weighted by atomic mass is 9.97. The summed E-state index contributed by atoms with van der Waals surface area (Å²) in [6.07, 6.45) is 1.03. The Balaban J connectivity index is 1.32. The number of furan rings is 1. The minimum absolute atomic E-state index is 0.0293. The van der Waals surface area contributed by atoms with Gasteiger partial charge in [-0.25, -0.2) is 13.8 Å². The molecule has 11 heteroatoms. The van der Waals surface area contributed by atoms with E-state index < -0.39 is 11.2 Å². The molecule has 35 heavy (non-hydrogen) atoms. The Hall–Kier alpha value is -2.92. The van der Waals surface area contributed by atoms with Crippen LogP contribution >= 0.6 is 11.8 Å². The molecule has 0 aliphatic carbocycles. The van der Waals surface area contributed by atoms with Gasteiger partial charge >= 0.3 is 0 Å². The van der Waals surface area contributed by atoms with E-state index in [0.717, 1.165) is 42.2 Å².